The molecule has 0 amide bonds. The predicted octanol–water partition coefficient (Wildman–Crippen LogP) is 2.42. The van der Waals surface area contributed by atoms with Crippen LogP contribution in [0.4, 0.5) is 0 Å². The average Bonchev–Trinajstić information content (AvgIpc) is 2.63. The Morgan fingerprint density at radius 2 is 1.96 bits per heavy atom. The number of guanidine groups is 1. The van der Waals surface area contributed by atoms with Crippen LogP contribution in [0.25, 0.3) is 0 Å². The highest BCUT2D eigenvalue weighted by molar-refractivity contribution is 5.80. The van der Waals surface area contributed by atoms with Crippen LogP contribution in [0.3, 0.4) is 0 Å². The van der Waals surface area contributed by atoms with Crippen LogP contribution in [0.1, 0.15) is 38.3 Å². The van der Waals surface area contributed by atoms with Gasteiger partial charge in [-0.15, -0.1) is 0 Å². The minimum absolute atomic E-state index is 0.248. The van der Waals surface area contributed by atoms with Gasteiger partial charge in [0.1, 0.15) is 0 Å². The van der Waals surface area contributed by atoms with E-state index in [2.05, 4.69) is 53.6 Å². The van der Waals surface area contributed by atoms with Gasteiger partial charge in [0, 0.05) is 26.2 Å². The molecule has 1 aromatic carbocycles. The minimum Gasteiger partial charge on any atom is -0.379 e. The van der Waals surface area contributed by atoms with Gasteiger partial charge in [-0.05, 0) is 38.8 Å². The van der Waals surface area contributed by atoms with Crippen molar-refractivity contribution in [3.63, 3.8) is 0 Å². The Morgan fingerprint density at radius 1 is 1.21 bits per heavy atom. The summed E-state index contributed by atoms with van der Waals surface area (Å²) >= 11 is 0. The summed E-state index contributed by atoms with van der Waals surface area (Å²) in [5, 5.41) is 6.82. The van der Waals surface area contributed by atoms with Crippen LogP contribution >= 0.6 is 0 Å². The highest BCUT2D eigenvalue weighted by Gasteiger charge is 2.09. The molecule has 5 heteroatoms. The van der Waals surface area contributed by atoms with E-state index in [-0.39, 0.29) is 6.04 Å². The first-order valence-electron chi connectivity index (χ1n) is 9.19. The van der Waals surface area contributed by atoms with Crippen LogP contribution in [-0.2, 0) is 4.74 Å². The third kappa shape index (κ3) is 6.89. The maximum atomic E-state index is 5.38. The molecule has 2 N–H and O–H groups in total. The Balaban J connectivity index is 1.71. The minimum atomic E-state index is 0.248. The molecule has 1 atom stereocenters. The third-order valence-corrected chi connectivity index (χ3v) is 4.25. The molecule has 0 saturated carbocycles. The zero-order valence-electron chi connectivity index (χ0n) is 15.1. The summed E-state index contributed by atoms with van der Waals surface area (Å²) in [7, 11) is 0. The number of aliphatic imine (C=N–C) groups is 1. The maximum absolute atomic E-state index is 5.38. The lowest BCUT2D eigenvalue weighted by Crippen LogP contribution is -2.39. The van der Waals surface area contributed by atoms with Gasteiger partial charge >= 0.3 is 0 Å². The summed E-state index contributed by atoms with van der Waals surface area (Å²) in [5.41, 5.74) is 1.27. The molecule has 1 fully saturated rings. The van der Waals surface area contributed by atoms with Crippen molar-refractivity contribution in [2.45, 2.75) is 32.7 Å². The number of unbranched alkanes of at least 4 members (excludes halogenated alkanes) is 1. The second kappa shape index (κ2) is 11.0. The summed E-state index contributed by atoms with van der Waals surface area (Å²) in [6.45, 7) is 11.1. The summed E-state index contributed by atoms with van der Waals surface area (Å²) in [4.78, 5) is 7.19. The molecule has 1 heterocycles. The van der Waals surface area contributed by atoms with Crippen molar-refractivity contribution in [3.8, 4) is 0 Å². The second-order valence-electron chi connectivity index (χ2n) is 6.20. The topological polar surface area (TPSA) is 48.9 Å². The van der Waals surface area contributed by atoms with Crippen LogP contribution in [-0.4, -0.2) is 56.8 Å². The van der Waals surface area contributed by atoms with Gasteiger partial charge < -0.3 is 15.4 Å². The number of benzene rings is 1. The fourth-order valence-electron chi connectivity index (χ4n) is 2.81. The van der Waals surface area contributed by atoms with Crippen molar-refractivity contribution in [2.75, 3.05) is 45.9 Å². The molecule has 5 nitrogen and oxygen atoms in total. The van der Waals surface area contributed by atoms with Crippen molar-refractivity contribution in [1.82, 2.24) is 15.5 Å². The number of hydrogen-bond acceptors (Lipinski definition) is 3. The molecule has 0 aromatic heterocycles. The van der Waals surface area contributed by atoms with E-state index >= 15 is 0 Å². The summed E-state index contributed by atoms with van der Waals surface area (Å²) in [6, 6.07) is 10.7. The standard InChI is InChI=1S/C19H32N4O/c1-3-20-19(22-17(2)18-9-5-4-6-10-18)21-11-7-8-12-23-13-15-24-16-14-23/h4-6,9-10,17H,3,7-8,11-16H2,1-2H3,(H2,20,21,22). The van der Waals surface area contributed by atoms with Gasteiger partial charge in [-0.25, -0.2) is 0 Å². The quantitative estimate of drug-likeness (QED) is 0.436. The lowest BCUT2D eigenvalue weighted by molar-refractivity contribution is 0.0373. The molecule has 1 saturated heterocycles. The van der Waals surface area contributed by atoms with Gasteiger partial charge in [0.15, 0.2) is 5.96 Å². The molecular weight excluding hydrogens is 300 g/mol. The van der Waals surface area contributed by atoms with Gasteiger partial charge in [0.25, 0.3) is 0 Å². The van der Waals surface area contributed by atoms with Crippen LogP contribution < -0.4 is 10.6 Å². The lowest BCUT2D eigenvalue weighted by Gasteiger charge is -2.26. The third-order valence-electron chi connectivity index (χ3n) is 4.25. The van der Waals surface area contributed by atoms with Crippen LogP contribution in [0.2, 0.25) is 0 Å². The molecule has 0 radical (unpaired) electrons. The van der Waals surface area contributed by atoms with Gasteiger partial charge in [-0.3, -0.25) is 9.89 Å². The first kappa shape index (κ1) is 18.7. The largest absolute Gasteiger partial charge is 0.379 e. The number of nitrogens with one attached hydrogen (secondary N) is 2. The summed E-state index contributed by atoms with van der Waals surface area (Å²) < 4.78 is 5.38. The van der Waals surface area contributed by atoms with E-state index in [1.807, 2.05) is 6.07 Å². The van der Waals surface area contributed by atoms with Gasteiger partial charge in [0.2, 0.25) is 0 Å². The first-order valence-corrected chi connectivity index (χ1v) is 9.19. The van der Waals surface area contributed by atoms with Crippen LogP contribution in [0.15, 0.2) is 35.3 Å². The molecule has 0 bridgehead atoms. The van der Waals surface area contributed by atoms with E-state index in [0.717, 1.165) is 58.3 Å². The van der Waals surface area contributed by atoms with E-state index in [0.29, 0.717) is 0 Å². The normalized spacial score (nSPS) is 17.5. The van der Waals surface area contributed by atoms with Crippen molar-refractivity contribution in [3.05, 3.63) is 35.9 Å². The molecule has 0 aliphatic carbocycles. The molecule has 1 aliphatic rings. The molecule has 1 aromatic rings. The molecule has 2 rings (SSSR count). The van der Waals surface area contributed by atoms with E-state index in [1.165, 1.54) is 12.0 Å². The molecule has 0 spiro atoms. The zero-order valence-corrected chi connectivity index (χ0v) is 15.1. The molecule has 24 heavy (non-hydrogen) atoms. The lowest BCUT2D eigenvalue weighted by atomic mass is 10.1. The highest BCUT2D eigenvalue weighted by atomic mass is 16.5. The Morgan fingerprint density at radius 3 is 2.67 bits per heavy atom. The number of nitrogens with zero attached hydrogens (tertiary/aromatic N) is 2. The number of ether oxygens (including phenoxy) is 1. The zero-order chi connectivity index (χ0) is 17.0. The van der Waals surface area contributed by atoms with Crippen molar-refractivity contribution in [2.24, 2.45) is 4.99 Å². The SMILES string of the molecule is CCNC(=NCCCCN1CCOCC1)NC(C)c1ccccc1. The van der Waals surface area contributed by atoms with Crippen molar-refractivity contribution >= 4 is 5.96 Å². The summed E-state index contributed by atoms with van der Waals surface area (Å²) in [5.74, 6) is 0.903. The smallest absolute Gasteiger partial charge is 0.191 e. The molecule has 1 unspecified atom stereocenters. The Hall–Kier alpha value is -1.59. The Labute approximate surface area is 146 Å². The summed E-state index contributed by atoms with van der Waals surface area (Å²) in [6.07, 6.45) is 2.31. The van der Waals surface area contributed by atoms with Gasteiger partial charge in [0.05, 0.1) is 19.3 Å². The number of hydrogen-bond donors (Lipinski definition) is 2. The van der Waals surface area contributed by atoms with Crippen molar-refractivity contribution < 1.29 is 4.74 Å². The van der Waals surface area contributed by atoms with E-state index in [1.54, 1.807) is 0 Å². The van der Waals surface area contributed by atoms with Gasteiger partial charge in [-0.2, -0.15) is 0 Å². The average molecular weight is 332 g/mol. The van der Waals surface area contributed by atoms with Crippen LogP contribution in [0, 0.1) is 0 Å². The molecule has 1 aliphatic heterocycles. The van der Waals surface area contributed by atoms with Crippen molar-refractivity contribution in [1.29, 1.82) is 0 Å². The first-order chi connectivity index (χ1) is 11.8. The monoisotopic (exact) mass is 332 g/mol. The fourth-order valence-corrected chi connectivity index (χ4v) is 2.81. The highest BCUT2D eigenvalue weighted by Crippen LogP contribution is 2.10. The number of rotatable bonds is 8. The number of morpholine rings is 1. The maximum Gasteiger partial charge on any atom is 0.191 e. The molecule has 134 valence electrons. The van der Waals surface area contributed by atoms with E-state index in [4.69, 9.17) is 9.73 Å². The molecular formula is C19H32N4O. The fraction of sp³-hybridized carbons (Fsp3) is 0.632. The van der Waals surface area contributed by atoms with Gasteiger partial charge in [-0.1, -0.05) is 30.3 Å². The second-order valence-corrected chi connectivity index (χ2v) is 6.20. The Kier molecular flexibility index (Phi) is 8.63. The van der Waals surface area contributed by atoms with Crippen LogP contribution in [0.5, 0.6) is 0 Å². The van der Waals surface area contributed by atoms with E-state index < -0.39 is 0 Å². The predicted molar refractivity (Wildman–Crippen MR) is 100 cm³/mol. The Bertz CT molecular complexity index is 472. The van der Waals surface area contributed by atoms with E-state index in [9.17, 15) is 0 Å².